The van der Waals surface area contributed by atoms with Crippen LogP contribution in [-0.4, -0.2) is 35.2 Å². The fourth-order valence-electron chi connectivity index (χ4n) is 0.559. The molecule has 5 heteroatoms. The zero-order valence-corrected chi connectivity index (χ0v) is 7.83. The molecule has 0 aromatic heterocycles. The van der Waals surface area contributed by atoms with Gasteiger partial charge in [0.1, 0.15) is 0 Å². The molecule has 0 aromatic rings. The fraction of sp³-hybridized carbons (Fsp3) is 0.625. The van der Waals surface area contributed by atoms with Gasteiger partial charge >= 0.3 is 11.9 Å². The number of aliphatic hydroxyl groups is 2. The smallest absolute Gasteiger partial charge is 0.337 e. The van der Waals surface area contributed by atoms with Crippen LogP contribution in [0.5, 0.6) is 0 Å². The van der Waals surface area contributed by atoms with Gasteiger partial charge in [0, 0.05) is 5.57 Å². The van der Waals surface area contributed by atoms with Gasteiger partial charge in [-0.25, -0.2) is 4.79 Å². The molecule has 0 fully saturated rings. The molecule has 0 radical (unpaired) electrons. The Hall–Kier alpha value is -0.910. The third-order valence-corrected chi connectivity index (χ3v) is 1.21. The van der Waals surface area contributed by atoms with Gasteiger partial charge in [-0.3, -0.25) is 0 Å². The number of nitrogens with one attached hydrogen (secondary N) is 1. The molecule has 5 nitrogen and oxygen atoms in total. The van der Waals surface area contributed by atoms with Crippen LogP contribution in [0.25, 0.3) is 0 Å². The van der Waals surface area contributed by atoms with E-state index in [1.54, 1.807) is 6.92 Å². The first kappa shape index (κ1) is 12.1. The molecule has 0 bridgehead atoms. The number of esters is 1. The van der Waals surface area contributed by atoms with E-state index in [0.717, 1.165) is 0 Å². The van der Waals surface area contributed by atoms with Crippen molar-refractivity contribution in [2.75, 3.05) is 13.1 Å². The van der Waals surface area contributed by atoms with Crippen molar-refractivity contribution in [2.24, 2.45) is 0 Å². The van der Waals surface area contributed by atoms with Crippen LogP contribution in [0.15, 0.2) is 12.2 Å². The summed E-state index contributed by atoms with van der Waals surface area (Å²) >= 11 is 0. The molecule has 0 aliphatic carbocycles. The molecule has 13 heavy (non-hydrogen) atoms. The molecule has 0 spiro atoms. The highest BCUT2D eigenvalue weighted by Crippen LogP contribution is 2.04. The highest BCUT2D eigenvalue weighted by atomic mass is 16.8. The minimum Gasteiger partial charge on any atom is -0.404 e. The van der Waals surface area contributed by atoms with E-state index >= 15 is 0 Å². The van der Waals surface area contributed by atoms with Gasteiger partial charge in [0.25, 0.3) is 0 Å². The van der Waals surface area contributed by atoms with Crippen LogP contribution in [0, 0.1) is 0 Å². The Labute approximate surface area is 77.0 Å². The van der Waals surface area contributed by atoms with Gasteiger partial charge in [0.2, 0.25) is 0 Å². The van der Waals surface area contributed by atoms with E-state index in [0.29, 0.717) is 6.54 Å². The van der Waals surface area contributed by atoms with E-state index in [4.69, 9.17) is 10.2 Å². The maximum absolute atomic E-state index is 10.9. The second kappa shape index (κ2) is 4.96. The van der Waals surface area contributed by atoms with E-state index in [9.17, 15) is 4.79 Å². The fourth-order valence-corrected chi connectivity index (χ4v) is 0.559. The monoisotopic (exact) mass is 189 g/mol. The summed E-state index contributed by atoms with van der Waals surface area (Å²) in [5.41, 5.74) is 0.115. The van der Waals surface area contributed by atoms with Gasteiger partial charge in [-0.15, -0.1) is 0 Å². The largest absolute Gasteiger partial charge is 0.404 e. The van der Waals surface area contributed by atoms with Crippen molar-refractivity contribution in [3.05, 3.63) is 12.2 Å². The normalized spacial score (nSPS) is 11.1. The SMILES string of the molecule is C=C(C)C(=O)OC(O)(O)CNCC. The van der Waals surface area contributed by atoms with Crippen LogP contribution in [-0.2, 0) is 9.53 Å². The highest BCUT2D eigenvalue weighted by Gasteiger charge is 2.27. The molecule has 3 N–H and O–H groups in total. The number of ether oxygens (including phenoxy) is 1. The molecule has 0 amide bonds. The van der Waals surface area contributed by atoms with Crippen molar-refractivity contribution in [2.45, 2.75) is 19.8 Å². The maximum Gasteiger partial charge on any atom is 0.337 e. The van der Waals surface area contributed by atoms with Gasteiger partial charge in [-0.2, -0.15) is 0 Å². The van der Waals surface area contributed by atoms with Gasteiger partial charge in [-0.05, 0) is 13.5 Å². The number of hydrogen-bond acceptors (Lipinski definition) is 5. The molecule has 0 rings (SSSR count). The Kier molecular flexibility index (Phi) is 4.61. The van der Waals surface area contributed by atoms with Gasteiger partial charge in [0.15, 0.2) is 0 Å². The summed E-state index contributed by atoms with van der Waals surface area (Å²) in [7, 11) is 0. The van der Waals surface area contributed by atoms with E-state index in [2.05, 4.69) is 16.6 Å². The Morgan fingerprint density at radius 1 is 1.62 bits per heavy atom. The molecule has 0 heterocycles. The number of carbonyl (C=O) groups excluding carboxylic acids is 1. The number of rotatable bonds is 5. The number of carbonyl (C=O) groups is 1. The molecular formula is C8H15NO4. The van der Waals surface area contributed by atoms with Gasteiger partial charge < -0.3 is 20.3 Å². The Morgan fingerprint density at radius 3 is 2.54 bits per heavy atom. The third kappa shape index (κ3) is 5.35. The summed E-state index contributed by atoms with van der Waals surface area (Å²) in [6, 6.07) is 0. The average Bonchev–Trinajstić information content (AvgIpc) is 2.00. The molecule has 0 saturated carbocycles. The summed E-state index contributed by atoms with van der Waals surface area (Å²) < 4.78 is 4.31. The van der Waals surface area contributed by atoms with Gasteiger partial charge in [0.05, 0.1) is 6.54 Å². The summed E-state index contributed by atoms with van der Waals surface area (Å²) in [4.78, 5) is 10.9. The minimum absolute atomic E-state index is 0.115. The van der Waals surface area contributed by atoms with Crippen LogP contribution < -0.4 is 5.32 Å². The summed E-state index contributed by atoms with van der Waals surface area (Å²) in [6.07, 6.45) is 0. The van der Waals surface area contributed by atoms with Crippen molar-refractivity contribution in [3.8, 4) is 0 Å². The molecule has 0 unspecified atom stereocenters. The predicted octanol–water partition coefficient (Wildman–Crippen LogP) is -0.646. The van der Waals surface area contributed by atoms with E-state index in [1.807, 2.05) is 0 Å². The lowest BCUT2D eigenvalue weighted by atomic mass is 10.3. The van der Waals surface area contributed by atoms with Crippen LogP contribution in [0.1, 0.15) is 13.8 Å². The average molecular weight is 189 g/mol. The zero-order valence-electron chi connectivity index (χ0n) is 7.83. The van der Waals surface area contributed by atoms with Crippen molar-refractivity contribution in [1.82, 2.24) is 5.32 Å². The van der Waals surface area contributed by atoms with E-state index in [1.165, 1.54) is 6.92 Å². The van der Waals surface area contributed by atoms with E-state index < -0.39 is 11.9 Å². The molecule has 0 aliphatic heterocycles. The summed E-state index contributed by atoms with van der Waals surface area (Å²) in [6.45, 7) is 6.83. The molecule has 76 valence electrons. The quantitative estimate of drug-likeness (QED) is 0.304. The van der Waals surface area contributed by atoms with Crippen molar-refractivity contribution >= 4 is 5.97 Å². The second-order valence-corrected chi connectivity index (χ2v) is 2.69. The highest BCUT2D eigenvalue weighted by molar-refractivity contribution is 5.87. The maximum atomic E-state index is 10.9. The molecule has 0 saturated heterocycles. The van der Waals surface area contributed by atoms with Crippen LogP contribution >= 0.6 is 0 Å². The number of likely N-dealkylation sites (N-methyl/N-ethyl adjacent to an activating group) is 1. The van der Waals surface area contributed by atoms with Crippen LogP contribution in [0.2, 0.25) is 0 Å². The lowest BCUT2D eigenvalue weighted by molar-refractivity contribution is -0.312. The first-order chi connectivity index (χ1) is 5.89. The van der Waals surface area contributed by atoms with Gasteiger partial charge in [-0.1, -0.05) is 13.5 Å². The lowest BCUT2D eigenvalue weighted by Crippen LogP contribution is -2.44. The zero-order chi connectivity index (χ0) is 10.5. The Bertz CT molecular complexity index is 200. The van der Waals surface area contributed by atoms with E-state index in [-0.39, 0.29) is 12.1 Å². The number of hydrogen-bond donors (Lipinski definition) is 3. The standard InChI is InChI=1S/C8H15NO4/c1-4-9-5-8(11,12)13-7(10)6(2)3/h9,11-12H,2,4-5H2,1,3H3. The third-order valence-electron chi connectivity index (χ3n) is 1.21. The first-order valence-corrected chi connectivity index (χ1v) is 3.93. The topological polar surface area (TPSA) is 78.8 Å². The van der Waals surface area contributed by atoms with Crippen molar-refractivity contribution in [1.29, 1.82) is 0 Å². The Balaban J connectivity index is 4.00. The van der Waals surface area contributed by atoms with Crippen molar-refractivity contribution in [3.63, 3.8) is 0 Å². The van der Waals surface area contributed by atoms with Crippen molar-refractivity contribution < 1.29 is 19.7 Å². The molecular weight excluding hydrogens is 174 g/mol. The lowest BCUT2D eigenvalue weighted by Gasteiger charge is -2.21. The minimum atomic E-state index is -2.47. The predicted molar refractivity (Wildman–Crippen MR) is 46.6 cm³/mol. The summed E-state index contributed by atoms with van der Waals surface area (Å²) in [5.74, 6) is -3.30. The molecule has 0 aliphatic rings. The second-order valence-electron chi connectivity index (χ2n) is 2.69. The molecule has 0 atom stereocenters. The van der Waals surface area contributed by atoms with Crippen LogP contribution in [0.3, 0.4) is 0 Å². The Morgan fingerprint density at radius 2 is 2.15 bits per heavy atom. The molecule has 0 aromatic carbocycles. The first-order valence-electron chi connectivity index (χ1n) is 3.93. The van der Waals surface area contributed by atoms with Crippen LogP contribution in [0.4, 0.5) is 0 Å². The summed E-state index contributed by atoms with van der Waals surface area (Å²) in [5, 5.41) is 20.8.